The van der Waals surface area contributed by atoms with E-state index in [1.54, 1.807) is 14.0 Å². The molecule has 1 heterocycles. The van der Waals surface area contributed by atoms with Crippen molar-refractivity contribution in [2.45, 2.75) is 13.0 Å². The number of nitrogens with one attached hydrogen (secondary N) is 1. The Morgan fingerprint density at radius 2 is 2.25 bits per heavy atom. The molecule has 1 atom stereocenters. The third-order valence-corrected chi connectivity index (χ3v) is 2.27. The smallest absolute Gasteiger partial charge is 0.328 e. The molecular weight excluding hydrogens is 214 g/mol. The van der Waals surface area contributed by atoms with E-state index in [0.29, 0.717) is 11.3 Å². The van der Waals surface area contributed by atoms with Crippen LogP contribution in [0.3, 0.4) is 0 Å². The maximum Gasteiger partial charge on any atom is 0.328 e. The van der Waals surface area contributed by atoms with E-state index in [2.05, 4.69) is 10.4 Å². The second-order valence-corrected chi connectivity index (χ2v) is 3.31. The van der Waals surface area contributed by atoms with Crippen LogP contribution >= 0.6 is 0 Å². The molecule has 0 aromatic carbocycles. The Labute approximate surface area is 91.7 Å². The largest absolute Gasteiger partial charge is 0.480 e. The fraction of sp³-hybridized carbons (Fsp3) is 0.444. The number of carbonyl (C=O) groups excluding carboxylic acids is 1. The molecule has 1 aromatic rings. The lowest BCUT2D eigenvalue weighted by Crippen LogP contribution is -2.43. The van der Waals surface area contributed by atoms with E-state index >= 15 is 0 Å². The minimum atomic E-state index is -1.30. The number of aromatic nitrogens is 2. The van der Waals surface area contributed by atoms with E-state index in [1.165, 1.54) is 10.9 Å². The summed E-state index contributed by atoms with van der Waals surface area (Å²) in [4.78, 5) is 22.2. The first kappa shape index (κ1) is 12.2. The third-order valence-electron chi connectivity index (χ3n) is 2.27. The van der Waals surface area contributed by atoms with Crippen molar-refractivity contribution in [1.29, 1.82) is 0 Å². The van der Waals surface area contributed by atoms with Crippen LogP contribution < -0.4 is 5.32 Å². The van der Waals surface area contributed by atoms with Gasteiger partial charge in [0.2, 0.25) is 0 Å². The lowest BCUT2D eigenvalue weighted by molar-refractivity contribution is -0.140. The Bertz CT molecular complexity index is 413. The summed E-state index contributed by atoms with van der Waals surface area (Å²) in [6.07, 6.45) is 1.35. The molecule has 7 nitrogen and oxygen atoms in total. The first-order chi connectivity index (χ1) is 7.47. The fourth-order valence-electron chi connectivity index (χ4n) is 1.14. The van der Waals surface area contributed by atoms with Crippen LogP contribution in [0.4, 0.5) is 0 Å². The van der Waals surface area contributed by atoms with Gasteiger partial charge < -0.3 is 15.5 Å². The Morgan fingerprint density at radius 3 is 2.62 bits per heavy atom. The number of carboxylic acids is 1. The van der Waals surface area contributed by atoms with Gasteiger partial charge in [0.15, 0.2) is 6.04 Å². The van der Waals surface area contributed by atoms with Crippen LogP contribution in [0.1, 0.15) is 16.1 Å². The number of aliphatic hydroxyl groups is 1. The fourth-order valence-corrected chi connectivity index (χ4v) is 1.14. The van der Waals surface area contributed by atoms with Crippen LogP contribution in [0.2, 0.25) is 0 Å². The molecule has 0 aliphatic rings. The van der Waals surface area contributed by atoms with Crippen LogP contribution in [0.15, 0.2) is 6.20 Å². The summed E-state index contributed by atoms with van der Waals surface area (Å²) in [5.41, 5.74) is 0.918. The van der Waals surface area contributed by atoms with Crippen LogP contribution in [-0.2, 0) is 11.8 Å². The molecule has 1 rings (SSSR count). The molecule has 0 saturated heterocycles. The van der Waals surface area contributed by atoms with E-state index in [-0.39, 0.29) is 0 Å². The van der Waals surface area contributed by atoms with Gasteiger partial charge in [0, 0.05) is 12.7 Å². The maximum absolute atomic E-state index is 11.6. The molecule has 0 spiro atoms. The van der Waals surface area contributed by atoms with Crippen molar-refractivity contribution < 1.29 is 19.8 Å². The number of hydrogen-bond donors (Lipinski definition) is 3. The van der Waals surface area contributed by atoms with Crippen molar-refractivity contribution in [2.75, 3.05) is 6.61 Å². The molecule has 0 saturated carbocycles. The van der Waals surface area contributed by atoms with Crippen molar-refractivity contribution in [1.82, 2.24) is 15.1 Å². The number of carbonyl (C=O) groups is 2. The molecule has 0 unspecified atom stereocenters. The average molecular weight is 227 g/mol. The van der Waals surface area contributed by atoms with Gasteiger partial charge in [-0.3, -0.25) is 9.48 Å². The summed E-state index contributed by atoms with van der Waals surface area (Å²) in [6.45, 7) is 1.04. The topological polar surface area (TPSA) is 104 Å². The zero-order chi connectivity index (χ0) is 12.3. The number of rotatable bonds is 4. The van der Waals surface area contributed by atoms with Crippen molar-refractivity contribution in [3.05, 3.63) is 17.5 Å². The van der Waals surface area contributed by atoms with Gasteiger partial charge >= 0.3 is 5.97 Å². The van der Waals surface area contributed by atoms with Crippen LogP contribution in [0.25, 0.3) is 0 Å². The molecule has 88 valence electrons. The van der Waals surface area contributed by atoms with Gasteiger partial charge in [-0.2, -0.15) is 5.10 Å². The molecule has 1 aromatic heterocycles. The molecule has 3 N–H and O–H groups in total. The summed E-state index contributed by atoms with van der Waals surface area (Å²) >= 11 is 0. The summed E-state index contributed by atoms with van der Waals surface area (Å²) in [7, 11) is 1.67. The number of carboxylic acid groups (broad SMARTS) is 1. The highest BCUT2D eigenvalue weighted by atomic mass is 16.4. The average Bonchev–Trinajstić information content (AvgIpc) is 2.55. The maximum atomic E-state index is 11.6. The minimum absolute atomic E-state index is 0.294. The highest BCUT2D eigenvalue weighted by molar-refractivity contribution is 5.97. The van der Waals surface area contributed by atoms with Crippen LogP contribution in [0.5, 0.6) is 0 Å². The Hall–Kier alpha value is -1.89. The predicted molar refractivity (Wildman–Crippen MR) is 53.9 cm³/mol. The van der Waals surface area contributed by atoms with Gasteiger partial charge in [-0.15, -0.1) is 0 Å². The number of aliphatic carboxylic acids is 1. The number of amides is 1. The molecule has 7 heteroatoms. The summed E-state index contributed by atoms with van der Waals surface area (Å²) < 4.78 is 1.50. The van der Waals surface area contributed by atoms with Gasteiger partial charge in [0.25, 0.3) is 5.91 Å². The van der Waals surface area contributed by atoms with Gasteiger partial charge in [0.1, 0.15) is 0 Å². The van der Waals surface area contributed by atoms with Gasteiger partial charge in [0.05, 0.1) is 18.4 Å². The Kier molecular flexibility index (Phi) is 3.62. The zero-order valence-corrected chi connectivity index (χ0v) is 8.97. The summed E-state index contributed by atoms with van der Waals surface area (Å²) in [5.74, 6) is -1.84. The van der Waals surface area contributed by atoms with Crippen LogP contribution in [0, 0.1) is 6.92 Å². The van der Waals surface area contributed by atoms with Crippen LogP contribution in [-0.4, -0.2) is 44.5 Å². The second-order valence-electron chi connectivity index (χ2n) is 3.31. The molecule has 0 fully saturated rings. The lowest BCUT2D eigenvalue weighted by atomic mass is 10.2. The predicted octanol–water partition coefficient (Wildman–Crippen LogP) is -1.10. The van der Waals surface area contributed by atoms with E-state index < -0.39 is 24.5 Å². The van der Waals surface area contributed by atoms with Gasteiger partial charge in [-0.05, 0) is 6.92 Å². The normalized spacial score (nSPS) is 12.2. The number of aliphatic hydroxyl groups excluding tert-OH is 1. The van der Waals surface area contributed by atoms with Crippen molar-refractivity contribution in [3.8, 4) is 0 Å². The standard InChI is InChI=1S/C9H13N3O4/c1-5-6(3-10-12(5)2)8(14)11-7(4-13)9(15)16/h3,7,13H,4H2,1-2H3,(H,11,14)(H,15,16)/t7-/m0/s1. The molecular formula is C9H13N3O4. The van der Waals surface area contributed by atoms with Crippen molar-refractivity contribution >= 4 is 11.9 Å². The van der Waals surface area contributed by atoms with E-state index in [1.807, 2.05) is 0 Å². The third kappa shape index (κ3) is 2.37. The number of nitrogens with zero attached hydrogens (tertiary/aromatic N) is 2. The molecule has 0 aliphatic heterocycles. The number of aryl methyl sites for hydroxylation is 1. The quantitative estimate of drug-likeness (QED) is 0.606. The highest BCUT2D eigenvalue weighted by Gasteiger charge is 2.21. The molecule has 16 heavy (non-hydrogen) atoms. The summed E-state index contributed by atoms with van der Waals surface area (Å²) in [6, 6.07) is -1.30. The SMILES string of the molecule is Cc1c(C(=O)N[C@@H](CO)C(=O)O)cnn1C. The van der Waals surface area contributed by atoms with E-state index in [4.69, 9.17) is 10.2 Å². The monoisotopic (exact) mass is 227 g/mol. The number of hydrogen-bond acceptors (Lipinski definition) is 4. The lowest BCUT2D eigenvalue weighted by Gasteiger charge is -2.10. The Balaban J connectivity index is 2.80. The highest BCUT2D eigenvalue weighted by Crippen LogP contribution is 2.05. The molecule has 1 amide bonds. The molecule has 0 bridgehead atoms. The Morgan fingerprint density at radius 1 is 1.62 bits per heavy atom. The first-order valence-electron chi connectivity index (χ1n) is 4.60. The van der Waals surface area contributed by atoms with Crippen molar-refractivity contribution in [2.24, 2.45) is 7.05 Å². The molecule has 0 radical (unpaired) electrons. The zero-order valence-electron chi connectivity index (χ0n) is 8.97. The minimum Gasteiger partial charge on any atom is -0.480 e. The second kappa shape index (κ2) is 4.75. The molecule has 0 aliphatic carbocycles. The first-order valence-corrected chi connectivity index (χ1v) is 4.60. The summed E-state index contributed by atoms with van der Waals surface area (Å²) in [5, 5.41) is 23.5. The van der Waals surface area contributed by atoms with Gasteiger partial charge in [-0.1, -0.05) is 0 Å². The van der Waals surface area contributed by atoms with E-state index in [0.717, 1.165) is 0 Å². The van der Waals surface area contributed by atoms with Crippen molar-refractivity contribution in [3.63, 3.8) is 0 Å². The van der Waals surface area contributed by atoms with E-state index in [9.17, 15) is 9.59 Å². The van der Waals surface area contributed by atoms with Gasteiger partial charge in [-0.25, -0.2) is 4.79 Å².